The van der Waals surface area contributed by atoms with Gasteiger partial charge in [0.15, 0.2) is 0 Å². The zero-order valence-electron chi connectivity index (χ0n) is 16.0. The molecule has 0 unspecified atom stereocenters. The highest BCUT2D eigenvalue weighted by atomic mass is 16.5. The van der Waals surface area contributed by atoms with Crippen LogP contribution in [-0.2, 0) is 20.7 Å². The number of hydrogen-bond acceptors (Lipinski definition) is 4. The molecule has 1 aromatic heterocycles. The SMILES string of the molecule is Cc1cc2occ(CC(=O)O[C@@H](C(=O)N(C)C)c3ccccc3)c2cc1C. The molecule has 0 bridgehead atoms. The van der Waals surface area contributed by atoms with Gasteiger partial charge in [0.05, 0.1) is 12.7 Å². The highest BCUT2D eigenvalue weighted by Gasteiger charge is 2.27. The summed E-state index contributed by atoms with van der Waals surface area (Å²) in [5, 5.41) is 0.894. The smallest absolute Gasteiger partial charge is 0.311 e. The summed E-state index contributed by atoms with van der Waals surface area (Å²) >= 11 is 0. The van der Waals surface area contributed by atoms with Crippen molar-refractivity contribution in [3.63, 3.8) is 0 Å². The van der Waals surface area contributed by atoms with Crippen LogP contribution in [0.4, 0.5) is 0 Å². The Labute approximate surface area is 158 Å². The van der Waals surface area contributed by atoms with Crippen molar-refractivity contribution in [1.82, 2.24) is 4.90 Å². The molecule has 0 N–H and O–H groups in total. The molecule has 0 spiro atoms. The second kappa shape index (κ2) is 7.66. The lowest BCUT2D eigenvalue weighted by Gasteiger charge is -2.21. The molecule has 0 aliphatic rings. The standard InChI is InChI=1S/C22H23NO4/c1-14-10-18-17(13-26-19(18)11-15(14)2)12-20(24)27-21(22(25)23(3)4)16-8-6-5-7-9-16/h5-11,13,21H,12H2,1-4H3/t21-/m1/s1. The molecule has 3 aromatic rings. The monoisotopic (exact) mass is 365 g/mol. The van der Waals surface area contributed by atoms with Gasteiger partial charge in [-0.05, 0) is 37.1 Å². The Morgan fingerprint density at radius 3 is 2.41 bits per heavy atom. The van der Waals surface area contributed by atoms with Crippen LogP contribution in [0.5, 0.6) is 0 Å². The molecule has 0 fully saturated rings. The van der Waals surface area contributed by atoms with Crippen LogP contribution in [0.1, 0.15) is 28.4 Å². The van der Waals surface area contributed by atoms with E-state index in [4.69, 9.17) is 9.15 Å². The van der Waals surface area contributed by atoms with Crippen molar-refractivity contribution in [3.05, 3.63) is 71.0 Å². The molecule has 3 rings (SSSR count). The van der Waals surface area contributed by atoms with Gasteiger partial charge >= 0.3 is 5.97 Å². The average Bonchev–Trinajstić information content (AvgIpc) is 3.01. The molecule has 2 aromatic carbocycles. The number of furan rings is 1. The van der Waals surface area contributed by atoms with Gasteiger partial charge in [0, 0.05) is 30.6 Å². The molecule has 5 heteroatoms. The van der Waals surface area contributed by atoms with Crippen LogP contribution in [0.25, 0.3) is 11.0 Å². The number of benzene rings is 2. The number of fused-ring (bicyclic) bond motifs is 1. The topological polar surface area (TPSA) is 59.8 Å². The summed E-state index contributed by atoms with van der Waals surface area (Å²) in [5.74, 6) is -0.752. The van der Waals surface area contributed by atoms with Crippen molar-refractivity contribution in [2.75, 3.05) is 14.1 Å². The summed E-state index contributed by atoms with van der Waals surface area (Å²) in [5.41, 5.74) is 4.40. The maximum absolute atomic E-state index is 12.6. The van der Waals surface area contributed by atoms with E-state index in [2.05, 4.69) is 0 Å². The van der Waals surface area contributed by atoms with Crippen LogP contribution in [-0.4, -0.2) is 30.9 Å². The molecule has 1 heterocycles. The highest BCUT2D eigenvalue weighted by molar-refractivity contribution is 5.89. The lowest BCUT2D eigenvalue weighted by Crippen LogP contribution is -2.31. The predicted molar refractivity (Wildman–Crippen MR) is 103 cm³/mol. The molecule has 0 aliphatic carbocycles. The first kappa shape index (κ1) is 18.7. The number of likely N-dealkylation sites (N-methyl/N-ethyl adjacent to an activating group) is 1. The van der Waals surface area contributed by atoms with Gasteiger partial charge in [0.25, 0.3) is 5.91 Å². The van der Waals surface area contributed by atoms with Crippen LogP contribution >= 0.6 is 0 Å². The van der Waals surface area contributed by atoms with Crippen LogP contribution in [0, 0.1) is 13.8 Å². The van der Waals surface area contributed by atoms with Gasteiger partial charge in [-0.1, -0.05) is 30.3 Å². The van der Waals surface area contributed by atoms with Crippen LogP contribution in [0.2, 0.25) is 0 Å². The minimum absolute atomic E-state index is 0.0412. The van der Waals surface area contributed by atoms with E-state index in [-0.39, 0.29) is 12.3 Å². The number of amides is 1. The van der Waals surface area contributed by atoms with Gasteiger partial charge in [-0.3, -0.25) is 9.59 Å². The van der Waals surface area contributed by atoms with E-state index >= 15 is 0 Å². The van der Waals surface area contributed by atoms with Crippen molar-refractivity contribution in [2.45, 2.75) is 26.4 Å². The molecular formula is C22H23NO4. The number of aryl methyl sites for hydroxylation is 2. The number of hydrogen-bond donors (Lipinski definition) is 0. The summed E-state index contributed by atoms with van der Waals surface area (Å²) in [4.78, 5) is 26.5. The fraction of sp³-hybridized carbons (Fsp3) is 0.273. The third-order valence-electron chi connectivity index (χ3n) is 4.62. The summed E-state index contributed by atoms with van der Waals surface area (Å²) in [6, 6.07) is 13.0. The van der Waals surface area contributed by atoms with E-state index in [1.165, 1.54) is 4.90 Å². The zero-order valence-corrected chi connectivity index (χ0v) is 16.0. The molecular weight excluding hydrogens is 342 g/mol. The average molecular weight is 365 g/mol. The minimum Gasteiger partial charge on any atom is -0.464 e. The number of ether oxygens (including phenoxy) is 1. The van der Waals surface area contributed by atoms with Crippen molar-refractivity contribution < 1.29 is 18.7 Å². The fourth-order valence-corrected chi connectivity index (χ4v) is 2.93. The first-order valence-electron chi connectivity index (χ1n) is 8.79. The Kier molecular flexibility index (Phi) is 5.31. The van der Waals surface area contributed by atoms with E-state index < -0.39 is 12.1 Å². The first-order valence-corrected chi connectivity index (χ1v) is 8.79. The van der Waals surface area contributed by atoms with E-state index in [9.17, 15) is 9.59 Å². The van der Waals surface area contributed by atoms with Gasteiger partial charge < -0.3 is 14.1 Å². The zero-order chi connectivity index (χ0) is 19.6. The number of carbonyl (C=O) groups excluding carboxylic acids is 2. The second-order valence-electron chi connectivity index (χ2n) is 6.88. The molecule has 0 aliphatic heterocycles. The van der Waals surface area contributed by atoms with Crippen LogP contribution < -0.4 is 0 Å². The van der Waals surface area contributed by atoms with Crippen LogP contribution in [0.3, 0.4) is 0 Å². The number of esters is 1. The summed E-state index contributed by atoms with van der Waals surface area (Å²) in [7, 11) is 3.28. The van der Waals surface area contributed by atoms with E-state index in [1.807, 2.05) is 44.2 Å². The molecule has 5 nitrogen and oxygen atoms in total. The molecule has 140 valence electrons. The Hall–Kier alpha value is -3.08. The van der Waals surface area contributed by atoms with Crippen molar-refractivity contribution in [1.29, 1.82) is 0 Å². The summed E-state index contributed by atoms with van der Waals surface area (Å²) in [6.45, 7) is 4.04. The minimum atomic E-state index is -0.962. The Morgan fingerprint density at radius 2 is 1.74 bits per heavy atom. The predicted octanol–water partition coefficient (Wildman–Crippen LogP) is 3.96. The van der Waals surface area contributed by atoms with Crippen molar-refractivity contribution >= 4 is 22.8 Å². The normalized spacial score (nSPS) is 12.0. The van der Waals surface area contributed by atoms with E-state index in [0.717, 1.165) is 27.7 Å². The Bertz CT molecular complexity index is 973. The summed E-state index contributed by atoms with van der Waals surface area (Å²) in [6.07, 6.45) is 0.658. The van der Waals surface area contributed by atoms with Gasteiger partial charge in [0.1, 0.15) is 5.58 Å². The third-order valence-corrected chi connectivity index (χ3v) is 4.62. The largest absolute Gasteiger partial charge is 0.464 e. The van der Waals surface area contributed by atoms with E-state index in [1.54, 1.807) is 32.5 Å². The molecule has 1 atom stereocenters. The maximum Gasteiger partial charge on any atom is 0.311 e. The number of carbonyl (C=O) groups is 2. The molecule has 1 amide bonds. The van der Waals surface area contributed by atoms with Crippen LogP contribution in [0.15, 0.2) is 53.1 Å². The summed E-state index contributed by atoms with van der Waals surface area (Å²) < 4.78 is 11.1. The molecule has 0 saturated heterocycles. The maximum atomic E-state index is 12.6. The third kappa shape index (κ3) is 4.03. The fourth-order valence-electron chi connectivity index (χ4n) is 2.93. The molecule has 27 heavy (non-hydrogen) atoms. The molecule has 0 saturated carbocycles. The lowest BCUT2D eigenvalue weighted by molar-refractivity contribution is -0.159. The highest BCUT2D eigenvalue weighted by Crippen LogP contribution is 2.26. The molecule has 0 radical (unpaired) electrons. The van der Waals surface area contributed by atoms with Crippen molar-refractivity contribution in [3.8, 4) is 0 Å². The Morgan fingerprint density at radius 1 is 1.07 bits per heavy atom. The first-order chi connectivity index (χ1) is 12.9. The van der Waals surface area contributed by atoms with Gasteiger partial charge in [-0.15, -0.1) is 0 Å². The number of nitrogens with zero attached hydrogens (tertiary/aromatic N) is 1. The Balaban J connectivity index is 1.82. The van der Waals surface area contributed by atoms with Gasteiger partial charge in [-0.25, -0.2) is 0 Å². The van der Waals surface area contributed by atoms with Crippen molar-refractivity contribution in [2.24, 2.45) is 0 Å². The quantitative estimate of drug-likeness (QED) is 0.642. The second-order valence-corrected chi connectivity index (χ2v) is 6.88. The van der Waals surface area contributed by atoms with Gasteiger partial charge in [0.2, 0.25) is 6.10 Å². The number of rotatable bonds is 5. The van der Waals surface area contributed by atoms with E-state index in [0.29, 0.717) is 5.56 Å². The van der Waals surface area contributed by atoms with Gasteiger partial charge in [-0.2, -0.15) is 0 Å². The lowest BCUT2D eigenvalue weighted by atomic mass is 10.0.